The minimum Gasteiger partial charge on any atom is -0.478 e. The van der Waals surface area contributed by atoms with Gasteiger partial charge in [0, 0.05) is 24.3 Å². The Bertz CT molecular complexity index is 1450. The van der Waals surface area contributed by atoms with E-state index >= 15 is 0 Å². The molecule has 1 unspecified atom stereocenters. The van der Waals surface area contributed by atoms with Crippen molar-refractivity contribution in [2.45, 2.75) is 83.5 Å². The van der Waals surface area contributed by atoms with Gasteiger partial charge in [-0.3, -0.25) is 15.8 Å². The van der Waals surface area contributed by atoms with Crippen molar-refractivity contribution in [1.29, 1.82) is 0 Å². The van der Waals surface area contributed by atoms with Crippen molar-refractivity contribution in [3.8, 4) is 5.88 Å². The van der Waals surface area contributed by atoms with Crippen molar-refractivity contribution in [1.82, 2.24) is 30.3 Å². The van der Waals surface area contributed by atoms with Crippen LogP contribution >= 0.6 is 0 Å². The number of carbonyl (C=O) groups is 1. The summed E-state index contributed by atoms with van der Waals surface area (Å²) in [6.07, 6.45) is 6.53. The molecule has 250 valence electrons. The molecule has 3 aromatic rings. The van der Waals surface area contributed by atoms with Gasteiger partial charge < -0.3 is 19.1 Å². The molecule has 2 aliphatic rings. The van der Waals surface area contributed by atoms with Crippen LogP contribution in [0.15, 0.2) is 48.6 Å². The van der Waals surface area contributed by atoms with Gasteiger partial charge in [0.15, 0.2) is 0 Å². The van der Waals surface area contributed by atoms with Crippen LogP contribution in [-0.4, -0.2) is 81.9 Å². The van der Waals surface area contributed by atoms with Crippen molar-refractivity contribution in [2.24, 2.45) is 5.92 Å². The van der Waals surface area contributed by atoms with E-state index in [9.17, 15) is 18.7 Å². The molecule has 2 aromatic heterocycles. The minimum atomic E-state index is -2.44. The lowest BCUT2D eigenvalue weighted by molar-refractivity contribution is -0.0592. The summed E-state index contributed by atoms with van der Waals surface area (Å²) in [5, 5.41) is 9.53. The normalized spacial score (nSPS) is 19.1. The number of allylic oxidation sites excluding steroid dienone is 2. The Kier molecular flexibility index (Phi) is 12.1. The molecule has 2 fully saturated rings. The molecule has 0 radical (unpaired) electrons. The number of alkyl halides is 2. The summed E-state index contributed by atoms with van der Waals surface area (Å²) >= 11 is 0. The van der Waals surface area contributed by atoms with Crippen molar-refractivity contribution < 1.29 is 28.2 Å². The van der Waals surface area contributed by atoms with Crippen LogP contribution in [-0.2, 0) is 17.8 Å². The summed E-state index contributed by atoms with van der Waals surface area (Å²) in [6.45, 7) is 7.88. The number of nitrogens with one attached hydrogen (secondary N) is 2. The number of piperidine rings is 1. The van der Waals surface area contributed by atoms with E-state index in [1.165, 1.54) is 0 Å². The molecule has 3 atom stereocenters. The number of ether oxygens (including phenoxy) is 2. The lowest BCUT2D eigenvalue weighted by Gasteiger charge is -2.32. The molecular weight excluding hydrogens is 594 g/mol. The highest BCUT2D eigenvalue weighted by molar-refractivity contribution is 5.92. The molecule has 12 heteroatoms. The molecule has 1 aromatic carbocycles. The average molecular weight is 641 g/mol. The number of fused-ring (bicyclic) bond motifs is 1. The Hall–Kier alpha value is -3.45. The van der Waals surface area contributed by atoms with Crippen molar-refractivity contribution in [3.05, 3.63) is 65.6 Å². The minimum absolute atomic E-state index is 0.122. The molecule has 4 heterocycles. The highest BCUT2D eigenvalue weighted by Crippen LogP contribution is 2.30. The maximum atomic E-state index is 12.7. The number of pyridine rings is 1. The average Bonchev–Trinajstić information content (AvgIpc) is 3.36. The highest BCUT2D eigenvalue weighted by Gasteiger charge is 2.26. The van der Waals surface area contributed by atoms with E-state index in [1.54, 1.807) is 18.2 Å². The van der Waals surface area contributed by atoms with Crippen molar-refractivity contribution in [3.63, 3.8) is 0 Å². The van der Waals surface area contributed by atoms with Gasteiger partial charge in [-0.15, -0.1) is 0 Å². The third-order valence-corrected chi connectivity index (χ3v) is 8.92. The second-order valence-corrected chi connectivity index (χ2v) is 12.3. The van der Waals surface area contributed by atoms with Gasteiger partial charge in [0.25, 0.3) is 6.43 Å². The summed E-state index contributed by atoms with van der Waals surface area (Å²) in [4.78, 5) is 23.8. The van der Waals surface area contributed by atoms with Gasteiger partial charge >= 0.3 is 5.97 Å². The van der Waals surface area contributed by atoms with Crippen LogP contribution in [0.3, 0.4) is 0 Å². The molecule has 46 heavy (non-hydrogen) atoms. The Labute approximate surface area is 269 Å². The van der Waals surface area contributed by atoms with Crippen LogP contribution in [0, 0.1) is 5.92 Å². The zero-order chi connectivity index (χ0) is 32.5. The van der Waals surface area contributed by atoms with Crippen molar-refractivity contribution >= 4 is 17.0 Å². The third kappa shape index (κ3) is 9.09. The van der Waals surface area contributed by atoms with Crippen LogP contribution in [0.5, 0.6) is 5.88 Å². The lowest BCUT2D eigenvalue weighted by Crippen LogP contribution is -2.49. The number of carboxylic acids is 1. The molecule has 5 rings (SSSR count). The van der Waals surface area contributed by atoms with E-state index in [1.807, 2.05) is 18.2 Å². The number of hydrogen-bond donors (Lipinski definition) is 3. The second-order valence-electron chi connectivity index (χ2n) is 12.3. The zero-order valence-electron chi connectivity index (χ0n) is 26.7. The molecule has 0 bridgehead atoms. The number of benzene rings is 1. The Morgan fingerprint density at radius 2 is 1.98 bits per heavy atom. The van der Waals surface area contributed by atoms with Crippen molar-refractivity contribution in [2.75, 3.05) is 32.8 Å². The van der Waals surface area contributed by atoms with Gasteiger partial charge in [-0.2, -0.15) is 0 Å². The summed E-state index contributed by atoms with van der Waals surface area (Å²) < 4.78 is 39.4. The summed E-state index contributed by atoms with van der Waals surface area (Å²) in [7, 11) is 0. The van der Waals surface area contributed by atoms with Gasteiger partial charge in [0.2, 0.25) is 5.88 Å². The Morgan fingerprint density at radius 3 is 2.67 bits per heavy atom. The number of carboxylic acid groups (broad SMARTS) is 1. The highest BCUT2D eigenvalue weighted by atomic mass is 19.3. The number of nitrogens with zero attached hydrogens (tertiary/aromatic N) is 4. The van der Waals surface area contributed by atoms with E-state index in [0.29, 0.717) is 31.5 Å². The largest absolute Gasteiger partial charge is 0.478 e. The summed E-state index contributed by atoms with van der Waals surface area (Å²) in [6, 6.07) is 10.8. The van der Waals surface area contributed by atoms with Crippen LogP contribution in [0.25, 0.3) is 11.0 Å². The monoisotopic (exact) mass is 640 g/mol. The first-order valence-corrected chi connectivity index (χ1v) is 16.4. The number of hydrazine groups is 1. The predicted octanol–water partition coefficient (Wildman–Crippen LogP) is 5.40. The lowest BCUT2D eigenvalue weighted by atomic mass is 9.93. The van der Waals surface area contributed by atoms with Gasteiger partial charge in [-0.1, -0.05) is 32.1 Å². The number of rotatable bonds is 17. The maximum absolute atomic E-state index is 12.7. The van der Waals surface area contributed by atoms with Gasteiger partial charge in [0.1, 0.15) is 12.4 Å². The molecular formula is C34H46F2N6O4. The quantitative estimate of drug-likeness (QED) is 0.132. The van der Waals surface area contributed by atoms with Gasteiger partial charge in [-0.05, 0) is 75.4 Å². The zero-order valence-corrected chi connectivity index (χ0v) is 26.7. The Morgan fingerprint density at radius 1 is 1.17 bits per heavy atom. The number of imidazole rings is 1. The first kappa shape index (κ1) is 33.9. The Balaban J connectivity index is 1.19. The smallest absolute Gasteiger partial charge is 0.335 e. The van der Waals surface area contributed by atoms with Crippen LogP contribution in [0.1, 0.15) is 73.7 Å². The SMILES string of the molecule is CC/C=C\CC(C)[C@@H](COc1cccc(C2CCN(Cc3nc4ccc(C(=O)O)cc4n3C[C@@H]3CCO3)CC2)n1)NNCC(F)F. The summed E-state index contributed by atoms with van der Waals surface area (Å²) in [5.74, 6) is 0.957. The molecule has 0 aliphatic carbocycles. The fourth-order valence-electron chi connectivity index (χ4n) is 6.02. The molecule has 2 aliphatic heterocycles. The second kappa shape index (κ2) is 16.4. The fourth-order valence-corrected chi connectivity index (χ4v) is 6.02. The molecule has 2 saturated heterocycles. The van der Waals surface area contributed by atoms with E-state index in [2.05, 4.69) is 46.3 Å². The molecule has 0 amide bonds. The number of aromatic nitrogens is 3. The topological polar surface area (TPSA) is 114 Å². The fraction of sp³-hybridized carbons (Fsp3) is 0.559. The number of hydrogen-bond acceptors (Lipinski definition) is 8. The van der Waals surface area contributed by atoms with E-state index in [0.717, 1.165) is 74.4 Å². The maximum Gasteiger partial charge on any atom is 0.335 e. The van der Waals surface area contributed by atoms with Crippen LogP contribution < -0.4 is 15.6 Å². The number of likely N-dealkylation sites (tertiary alicyclic amines) is 1. The first-order chi connectivity index (χ1) is 22.3. The molecule has 10 nitrogen and oxygen atoms in total. The number of aromatic carboxylic acids is 1. The van der Waals surface area contributed by atoms with E-state index < -0.39 is 18.9 Å². The first-order valence-electron chi connectivity index (χ1n) is 16.4. The molecule has 0 saturated carbocycles. The molecule has 0 spiro atoms. The third-order valence-electron chi connectivity index (χ3n) is 8.92. The van der Waals surface area contributed by atoms with Crippen LogP contribution in [0.4, 0.5) is 8.78 Å². The number of halogens is 2. The van der Waals surface area contributed by atoms with Gasteiger partial charge in [0.05, 0.1) is 48.4 Å². The van der Waals surface area contributed by atoms with E-state index in [4.69, 9.17) is 19.4 Å². The predicted molar refractivity (Wildman–Crippen MR) is 172 cm³/mol. The van der Waals surface area contributed by atoms with Gasteiger partial charge in [-0.25, -0.2) is 23.5 Å². The molecule has 3 N–H and O–H groups in total. The standard InChI is InChI=1S/C34H46F2N6O4/c1-3-4-5-7-23(2)29(40-37-19-31(35)36)22-46-33-9-6-8-27(39-33)24-12-15-41(16-13-24)21-32-38-28-11-10-25(34(43)44)18-30(28)42(32)20-26-14-17-45-26/h4-6,8-11,18,23-24,26,29,31,37,40H,3,7,12-17,19-22H2,1-2H3,(H,43,44)/b5-4-/t23?,26-,29+/m0/s1. The van der Waals surface area contributed by atoms with Crippen LogP contribution in [0.2, 0.25) is 0 Å². The summed E-state index contributed by atoms with van der Waals surface area (Å²) in [5.41, 5.74) is 8.54. The van der Waals surface area contributed by atoms with E-state index in [-0.39, 0.29) is 23.6 Å².